The van der Waals surface area contributed by atoms with Gasteiger partial charge in [-0.3, -0.25) is 9.47 Å². The van der Waals surface area contributed by atoms with Crippen molar-refractivity contribution in [1.29, 1.82) is 0 Å². The molecule has 3 heterocycles. The number of hydrogen-bond acceptors (Lipinski definition) is 5. The molecular formula is C29H23ClF6N4O3. The Morgan fingerprint density at radius 3 is 2.37 bits per heavy atom. The normalized spacial score (nSPS) is 14.2. The summed E-state index contributed by atoms with van der Waals surface area (Å²) < 4.78 is 85.5. The van der Waals surface area contributed by atoms with Crippen molar-refractivity contribution >= 4 is 34.6 Å². The van der Waals surface area contributed by atoms with Crippen LogP contribution in [0.2, 0.25) is 5.15 Å². The van der Waals surface area contributed by atoms with Crippen LogP contribution in [-0.2, 0) is 19.5 Å². The van der Waals surface area contributed by atoms with Gasteiger partial charge in [-0.15, -0.1) is 26.3 Å². The summed E-state index contributed by atoms with van der Waals surface area (Å²) in [5.74, 6) is -0.728. The summed E-state index contributed by atoms with van der Waals surface area (Å²) in [6.45, 7) is 1.49. The van der Waals surface area contributed by atoms with Crippen molar-refractivity contribution in [2.24, 2.45) is 0 Å². The molecule has 0 saturated carbocycles. The Kier molecular flexibility index (Phi) is 8.56. The number of carbonyl (C=O) groups excluding carboxylic acids is 1. The number of rotatable bonds is 7. The molecule has 0 spiro atoms. The summed E-state index contributed by atoms with van der Waals surface area (Å²) in [6.07, 6.45) is -4.14. The first-order valence-corrected chi connectivity index (χ1v) is 13.3. The molecule has 1 aliphatic heterocycles. The van der Waals surface area contributed by atoms with Gasteiger partial charge in [-0.25, -0.2) is 9.78 Å². The minimum atomic E-state index is -4.88. The van der Waals surface area contributed by atoms with Gasteiger partial charge in [0, 0.05) is 49.9 Å². The highest BCUT2D eigenvalue weighted by Crippen LogP contribution is 2.35. The number of amides is 1. The predicted octanol–water partition coefficient (Wildman–Crippen LogP) is 7.32. The van der Waals surface area contributed by atoms with Crippen LogP contribution in [-0.4, -0.2) is 46.3 Å². The lowest BCUT2D eigenvalue weighted by atomic mass is 10.0. The second-order valence-electron chi connectivity index (χ2n) is 9.64. The van der Waals surface area contributed by atoms with Gasteiger partial charge in [-0.05, 0) is 59.2 Å². The Morgan fingerprint density at radius 1 is 0.977 bits per heavy atom. The summed E-state index contributed by atoms with van der Waals surface area (Å²) in [7, 11) is 0. The fourth-order valence-electron chi connectivity index (χ4n) is 4.91. The molecule has 0 saturated heterocycles. The fourth-order valence-corrected chi connectivity index (χ4v) is 5.10. The van der Waals surface area contributed by atoms with Crippen molar-refractivity contribution in [2.75, 3.05) is 13.1 Å². The van der Waals surface area contributed by atoms with Gasteiger partial charge in [0.25, 0.3) is 0 Å². The minimum Gasteiger partial charge on any atom is -0.406 e. The van der Waals surface area contributed by atoms with Crippen molar-refractivity contribution in [1.82, 2.24) is 19.8 Å². The topological polar surface area (TPSA) is 68.6 Å². The molecule has 14 heteroatoms. The quantitative estimate of drug-likeness (QED) is 0.172. The van der Waals surface area contributed by atoms with Gasteiger partial charge in [-0.1, -0.05) is 35.9 Å². The van der Waals surface area contributed by atoms with Crippen LogP contribution >= 0.6 is 11.6 Å². The molecule has 1 amide bonds. The molecule has 0 atom stereocenters. The van der Waals surface area contributed by atoms with Crippen molar-refractivity contribution < 1.29 is 40.6 Å². The molecule has 5 rings (SSSR count). The molecule has 43 heavy (non-hydrogen) atoms. The van der Waals surface area contributed by atoms with E-state index in [9.17, 15) is 31.1 Å². The van der Waals surface area contributed by atoms with E-state index in [1.165, 1.54) is 53.2 Å². The third-order valence-corrected chi connectivity index (χ3v) is 6.86. The number of fused-ring (bicyclic) bond motifs is 3. The molecule has 1 aliphatic rings. The van der Waals surface area contributed by atoms with Crippen molar-refractivity contribution in [2.45, 2.75) is 32.2 Å². The van der Waals surface area contributed by atoms with E-state index < -0.39 is 24.5 Å². The van der Waals surface area contributed by atoms with Crippen molar-refractivity contribution in [3.63, 3.8) is 0 Å². The number of alkyl halides is 6. The van der Waals surface area contributed by atoms with Gasteiger partial charge in [0.05, 0.1) is 5.52 Å². The van der Waals surface area contributed by atoms with Gasteiger partial charge in [-0.2, -0.15) is 0 Å². The molecular weight excluding hydrogens is 602 g/mol. The largest absolute Gasteiger partial charge is 0.573 e. The van der Waals surface area contributed by atoms with E-state index in [0.717, 1.165) is 5.56 Å². The van der Waals surface area contributed by atoms with E-state index in [-0.39, 0.29) is 17.4 Å². The molecule has 0 radical (unpaired) electrons. The first-order valence-electron chi connectivity index (χ1n) is 12.9. The van der Waals surface area contributed by atoms with E-state index in [0.29, 0.717) is 53.8 Å². The van der Waals surface area contributed by atoms with Crippen LogP contribution in [0.25, 0.3) is 17.0 Å². The number of carbonyl (C=O) groups is 1. The second kappa shape index (κ2) is 12.2. The maximum Gasteiger partial charge on any atom is 0.573 e. The smallest absolute Gasteiger partial charge is 0.406 e. The Morgan fingerprint density at radius 2 is 1.67 bits per heavy atom. The SMILES string of the molecule is O=C(NCc1ccnc(Cl)c1)n1c2c(c3cc(OC(F)(F)F)ccc31)CN(C/C=C/c1ccc(OC(F)(F)F)cc1)CC2. The average molecular weight is 625 g/mol. The number of nitrogens with one attached hydrogen (secondary N) is 1. The maximum absolute atomic E-state index is 13.4. The molecule has 2 aromatic carbocycles. The first kappa shape index (κ1) is 30.2. The second-order valence-corrected chi connectivity index (χ2v) is 10.0. The number of benzene rings is 2. The van der Waals surface area contributed by atoms with Crippen LogP contribution in [0.15, 0.2) is 66.9 Å². The number of aromatic nitrogens is 2. The van der Waals surface area contributed by atoms with Gasteiger partial charge in [0.15, 0.2) is 0 Å². The predicted molar refractivity (Wildman–Crippen MR) is 147 cm³/mol. The first-order chi connectivity index (χ1) is 20.3. The number of nitrogens with zero attached hydrogens (tertiary/aromatic N) is 3. The van der Waals surface area contributed by atoms with Crippen LogP contribution in [0.4, 0.5) is 31.1 Å². The van der Waals surface area contributed by atoms with Crippen molar-refractivity contribution in [3.05, 3.63) is 94.4 Å². The summed E-state index contributed by atoms with van der Waals surface area (Å²) in [4.78, 5) is 19.3. The molecule has 7 nitrogen and oxygen atoms in total. The molecule has 226 valence electrons. The van der Waals surface area contributed by atoms with E-state index in [4.69, 9.17) is 11.6 Å². The monoisotopic (exact) mass is 624 g/mol. The summed E-state index contributed by atoms with van der Waals surface area (Å²) >= 11 is 5.93. The molecule has 2 aromatic heterocycles. The number of ether oxygens (including phenoxy) is 2. The maximum atomic E-state index is 13.4. The van der Waals surface area contributed by atoms with E-state index >= 15 is 0 Å². The van der Waals surface area contributed by atoms with E-state index in [2.05, 4.69) is 19.8 Å². The standard InChI is InChI=1S/C29H23ClF6N4O3/c30-26-14-19(9-11-37-26)16-38-27(41)40-24-8-7-21(43-29(34,35)36)15-22(24)23-17-39(13-10-25(23)40)12-1-2-18-3-5-20(6-4-18)42-28(31,32)33/h1-9,11,14-15H,10,12-13,16-17H2,(H,38,41)/b2-1+. The lowest BCUT2D eigenvalue weighted by Crippen LogP contribution is -2.34. The Bertz CT molecular complexity index is 1650. The van der Waals surface area contributed by atoms with E-state index in [1.807, 2.05) is 11.0 Å². The highest BCUT2D eigenvalue weighted by molar-refractivity contribution is 6.29. The van der Waals surface area contributed by atoms with Gasteiger partial charge < -0.3 is 14.8 Å². The fraction of sp³-hybridized carbons (Fsp3) is 0.241. The Balaban J connectivity index is 1.36. The zero-order valence-electron chi connectivity index (χ0n) is 22.2. The van der Waals surface area contributed by atoms with Crippen LogP contribution in [0.1, 0.15) is 22.4 Å². The third-order valence-electron chi connectivity index (χ3n) is 6.66. The van der Waals surface area contributed by atoms with Crippen LogP contribution in [0.5, 0.6) is 11.5 Å². The van der Waals surface area contributed by atoms with E-state index in [1.54, 1.807) is 18.2 Å². The van der Waals surface area contributed by atoms with Crippen LogP contribution < -0.4 is 14.8 Å². The highest BCUT2D eigenvalue weighted by Gasteiger charge is 2.33. The van der Waals surface area contributed by atoms with Crippen LogP contribution in [0, 0.1) is 0 Å². The minimum absolute atomic E-state index is 0.158. The molecule has 0 bridgehead atoms. The molecule has 0 fully saturated rings. The summed E-state index contributed by atoms with van der Waals surface area (Å²) in [6, 6.07) is 12.1. The van der Waals surface area contributed by atoms with Gasteiger partial charge in [0.2, 0.25) is 0 Å². The Labute approximate surface area is 246 Å². The molecule has 0 aliphatic carbocycles. The highest BCUT2D eigenvalue weighted by atomic mass is 35.5. The zero-order chi connectivity index (χ0) is 30.8. The Hall–Kier alpha value is -4.23. The number of halogens is 7. The average Bonchev–Trinajstić information content (AvgIpc) is 3.24. The van der Waals surface area contributed by atoms with Crippen molar-refractivity contribution in [3.8, 4) is 11.5 Å². The number of hydrogen-bond donors (Lipinski definition) is 1. The summed E-state index contributed by atoms with van der Waals surface area (Å²) in [5.41, 5.74) is 3.18. The lowest BCUT2D eigenvalue weighted by Gasteiger charge is -2.27. The third kappa shape index (κ3) is 7.79. The molecule has 1 N–H and O–H groups in total. The summed E-state index contributed by atoms with van der Waals surface area (Å²) in [5, 5.41) is 3.56. The van der Waals surface area contributed by atoms with Gasteiger partial charge in [0.1, 0.15) is 16.7 Å². The number of pyridine rings is 1. The zero-order valence-corrected chi connectivity index (χ0v) is 22.9. The molecule has 0 unspecified atom stereocenters. The van der Waals surface area contributed by atoms with Crippen LogP contribution in [0.3, 0.4) is 0 Å². The molecule has 4 aromatic rings. The lowest BCUT2D eigenvalue weighted by molar-refractivity contribution is -0.275. The van der Waals surface area contributed by atoms with Gasteiger partial charge >= 0.3 is 18.8 Å².